The van der Waals surface area contributed by atoms with E-state index in [4.69, 9.17) is 5.11 Å². The summed E-state index contributed by atoms with van der Waals surface area (Å²) in [5, 5.41) is 9.23. The van der Waals surface area contributed by atoms with Crippen LogP contribution in [0.5, 0.6) is 0 Å². The largest absolute Gasteiger partial charge is 0.390 e. The molecule has 0 aliphatic heterocycles. The minimum Gasteiger partial charge on any atom is -0.390 e. The highest BCUT2D eigenvalue weighted by molar-refractivity contribution is 5.79. The van der Waals surface area contributed by atoms with E-state index in [1.165, 1.54) is 5.32 Å². The molecular formula is C5H7F4NO2. The molecular weight excluding hydrogens is 182 g/mol. The van der Waals surface area contributed by atoms with Crippen LogP contribution in [0.15, 0.2) is 0 Å². The predicted octanol–water partition coefficient (Wildman–Crippen LogP) is -0.00470. The van der Waals surface area contributed by atoms with Crippen LogP contribution in [0.2, 0.25) is 0 Å². The van der Waals surface area contributed by atoms with Gasteiger partial charge in [0.1, 0.15) is 6.61 Å². The van der Waals surface area contributed by atoms with E-state index in [1.807, 2.05) is 0 Å². The van der Waals surface area contributed by atoms with Crippen LogP contribution in [0.1, 0.15) is 0 Å². The van der Waals surface area contributed by atoms with Crippen LogP contribution in [-0.2, 0) is 4.79 Å². The van der Waals surface area contributed by atoms with Crippen molar-refractivity contribution in [2.24, 2.45) is 0 Å². The fourth-order valence-corrected chi connectivity index (χ4v) is 0.349. The van der Waals surface area contributed by atoms with Gasteiger partial charge in [-0.2, -0.15) is 8.78 Å². The molecule has 0 atom stereocenters. The molecule has 0 rings (SSSR count). The maximum absolute atomic E-state index is 12.1. The van der Waals surface area contributed by atoms with Gasteiger partial charge in [0.2, 0.25) is 0 Å². The Morgan fingerprint density at radius 2 is 2.00 bits per heavy atom. The summed E-state index contributed by atoms with van der Waals surface area (Å²) in [6, 6.07) is 0. The molecule has 0 fully saturated rings. The summed E-state index contributed by atoms with van der Waals surface area (Å²) in [6.07, 6.45) is -3.32. The molecule has 0 aromatic rings. The molecule has 72 valence electrons. The normalized spacial score (nSPS) is 11.8. The zero-order valence-electron chi connectivity index (χ0n) is 5.86. The molecule has 0 bridgehead atoms. The average molecular weight is 189 g/mol. The van der Waals surface area contributed by atoms with Gasteiger partial charge in [0.15, 0.2) is 0 Å². The zero-order chi connectivity index (χ0) is 9.78. The summed E-state index contributed by atoms with van der Waals surface area (Å²) in [4.78, 5) is 10.0. The highest BCUT2D eigenvalue weighted by atomic mass is 19.3. The smallest absolute Gasteiger partial charge is 0.315 e. The van der Waals surface area contributed by atoms with Crippen LogP contribution >= 0.6 is 0 Å². The number of aliphatic hydroxyl groups excluding tert-OH is 1. The molecule has 12 heavy (non-hydrogen) atoms. The second kappa shape index (κ2) is 4.24. The molecule has 0 aromatic carbocycles. The Labute approximate surface area is 65.4 Å². The predicted molar refractivity (Wildman–Crippen MR) is 31.0 cm³/mol. The van der Waals surface area contributed by atoms with E-state index in [2.05, 4.69) is 0 Å². The number of aliphatic hydroxyl groups is 1. The maximum Gasteiger partial charge on any atom is 0.315 e. The number of hydrogen-bond donors (Lipinski definition) is 2. The molecule has 0 saturated carbocycles. The summed E-state index contributed by atoms with van der Waals surface area (Å²) in [6.45, 7) is -2.77. The third kappa shape index (κ3) is 4.12. The van der Waals surface area contributed by atoms with E-state index in [0.717, 1.165) is 0 Å². The van der Waals surface area contributed by atoms with Crippen LogP contribution in [0.25, 0.3) is 0 Å². The number of nitrogens with one attached hydrogen (secondary N) is 1. The summed E-state index contributed by atoms with van der Waals surface area (Å²) < 4.78 is 46.9. The minimum absolute atomic E-state index is 1.27. The van der Waals surface area contributed by atoms with Crippen molar-refractivity contribution in [2.45, 2.75) is 12.3 Å². The van der Waals surface area contributed by atoms with Crippen molar-refractivity contribution in [1.29, 1.82) is 0 Å². The Balaban J connectivity index is 3.76. The molecule has 0 aromatic heterocycles. The summed E-state index contributed by atoms with van der Waals surface area (Å²) in [5.41, 5.74) is 0. The number of rotatable bonds is 4. The van der Waals surface area contributed by atoms with Gasteiger partial charge < -0.3 is 10.4 Å². The Morgan fingerprint density at radius 1 is 1.50 bits per heavy atom. The number of carbonyl (C=O) groups excluding carboxylic acids is 1. The third-order valence-electron chi connectivity index (χ3n) is 0.951. The third-order valence-corrected chi connectivity index (χ3v) is 0.951. The van der Waals surface area contributed by atoms with Gasteiger partial charge >= 0.3 is 6.43 Å². The molecule has 0 saturated heterocycles. The molecule has 0 heterocycles. The summed E-state index contributed by atoms with van der Waals surface area (Å²) >= 11 is 0. The van der Waals surface area contributed by atoms with Gasteiger partial charge in [-0.1, -0.05) is 0 Å². The first-order valence-electron chi connectivity index (χ1n) is 2.93. The van der Waals surface area contributed by atoms with Crippen molar-refractivity contribution in [3.8, 4) is 0 Å². The van der Waals surface area contributed by atoms with Gasteiger partial charge in [0.25, 0.3) is 11.8 Å². The Kier molecular flexibility index (Phi) is 3.94. The first kappa shape index (κ1) is 11.2. The molecule has 0 spiro atoms. The lowest BCUT2D eigenvalue weighted by Gasteiger charge is -2.13. The first-order valence-corrected chi connectivity index (χ1v) is 2.93. The van der Waals surface area contributed by atoms with Gasteiger partial charge in [-0.25, -0.2) is 8.78 Å². The monoisotopic (exact) mass is 189 g/mol. The van der Waals surface area contributed by atoms with Crippen molar-refractivity contribution >= 4 is 5.91 Å². The van der Waals surface area contributed by atoms with Gasteiger partial charge in [-0.05, 0) is 0 Å². The van der Waals surface area contributed by atoms with E-state index in [0.29, 0.717) is 0 Å². The van der Waals surface area contributed by atoms with Crippen LogP contribution in [-0.4, -0.2) is 36.5 Å². The zero-order valence-corrected chi connectivity index (χ0v) is 5.86. The van der Waals surface area contributed by atoms with Crippen molar-refractivity contribution in [3.05, 3.63) is 0 Å². The van der Waals surface area contributed by atoms with Gasteiger partial charge in [-0.15, -0.1) is 0 Å². The van der Waals surface area contributed by atoms with E-state index in [1.54, 1.807) is 0 Å². The van der Waals surface area contributed by atoms with Gasteiger partial charge in [0.05, 0.1) is 6.54 Å². The quantitative estimate of drug-likeness (QED) is 0.611. The fraction of sp³-hybridized carbons (Fsp3) is 0.800. The minimum atomic E-state index is -3.55. The molecule has 0 radical (unpaired) electrons. The lowest BCUT2D eigenvalue weighted by Crippen LogP contribution is -2.41. The van der Waals surface area contributed by atoms with Crippen LogP contribution in [0.4, 0.5) is 17.6 Å². The topological polar surface area (TPSA) is 49.3 Å². The van der Waals surface area contributed by atoms with Crippen molar-refractivity contribution in [3.63, 3.8) is 0 Å². The molecule has 0 unspecified atom stereocenters. The number of amides is 1. The van der Waals surface area contributed by atoms with E-state index in [-0.39, 0.29) is 0 Å². The molecule has 0 aliphatic rings. The average Bonchev–Trinajstić information content (AvgIpc) is 2.00. The number of alkyl halides is 4. The Hall–Kier alpha value is -0.850. The second-order valence-corrected chi connectivity index (χ2v) is 2.03. The molecule has 1 amide bonds. The summed E-state index contributed by atoms with van der Waals surface area (Å²) in [5.74, 6) is -5.33. The lowest BCUT2D eigenvalue weighted by molar-refractivity contribution is -0.134. The van der Waals surface area contributed by atoms with Crippen LogP contribution in [0.3, 0.4) is 0 Å². The van der Waals surface area contributed by atoms with Gasteiger partial charge in [0, 0.05) is 0 Å². The lowest BCUT2D eigenvalue weighted by atomic mass is 10.3. The van der Waals surface area contributed by atoms with E-state index in [9.17, 15) is 22.4 Å². The summed E-state index contributed by atoms with van der Waals surface area (Å²) in [7, 11) is 0. The van der Waals surface area contributed by atoms with Gasteiger partial charge in [-0.3, -0.25) is 4.79 Å². The molecule has 0 aliphatic carbocycles. The number of carbonyl (C=O) groups is 1. The van der Waals surface area contributed by atoms with E-state index >= 15 is 0 Å². The Morgan fingerprint density at radius 3 is 2.33 bits per heavy atom. The second-order valence-electron chi connectivity index (χ2n) is 2.03. The SMILES string of the molecule is O=C(NCC(F)(F)CO)C(F)F. The molecule has 2 N–H and O–H groups in total. The maximum atomic E-state index is 12.1. The highest BCUT2D eigenvalue weighted by Crippen LogP contribution is 2.09. The standard InChI is InChI=1S/C5H7F4NO2/c6-3(7)4(12)10-1-5(8,9)2-11/h3,11H,1-2H2,(H,10,12). The molecule has 3 nitrogen and oxygen atoms in total. The Bertz CT molecular complexity index is 162. The molecule has 7 heteroatoms. The van der Waals surface area contributed by atoms with Crippen molar-refractivity contribution < 1.29 is 27.5 Å². The van der Waals surface area contributed by atoms with E-state index < -0.39 is 31.4 Å². The van der Waals surface area contributed by atoms with Crippen LogP contribution in [0, 0.1) is 0 Å². The van der Waals surface area contributed by atoms with Crippen molar-refractivity contribution in [1.82, 2.24) is 5.32 Å². The first-order chi connectivity index (χ1) is 5.39. The van der Waals surface area contributed by atoms with Crippen molar-refractivity contribution in [2.75, 3.05) is 13.2 Å². The van der Waals surface area contributed by atoms with Crippen LogP contribution < -0.4 is 5.32 Å². The highest BCUT2D eigenvalue weighted by Gasteiger charge is 2.29. The number of hydrogen-bond acceptors (Lipinski definition) is 2. The fourth-order valence-electron chi connectivity index (χ4n) is 0.349. The number of halogens is 4.